The SMILES string of the molecule is C=CC1CC(Cc2ccc(OC)c(O)c2)C2C(=O)C=CC(=C)C12. The molecule has 1 saturated carbocycles. The van der Waals surface area contributed by atoms with Gasteiger partial charge >= 0.3 is 0 Å². The summed E-state index contributed by atoms with van der Waals surface area (Å²) in [6, 6.07) is 5.45. The Kier molecular flexibility index (Phi) is 4.12. The molecule has 1 fully saturated rings. The van der Waals surface area contributed by atoms with Gasteiger partial charge in [-0.15, -0.1) is 6.58 Å². The van der Waals surface area contributed by atoms with Gasteiger partial charge in [0.2, 0.25) is 0 Å². The summed E-state index contributed by atoms with van der Waals surface area (Å²) in [7, 11) is 1.53. The van der Waals surface area contributed by atoms with Crippen molar-refractivity contribution in [1.82, 2.24) is 0 Å². The summed E-state index contributed by atoms with van der Waals surface area (Å²) >= 11 is 0. The third-order valence-corrected chi connectivity index (χ3v) is 5.19. The van der Waals surface area contributed by atoms with Gasteiger partial charge in [0.1, 0.15) is 0 Å². The van der Waals surface area contributed by atoms with Crippen LogP contribution in [0.1, 0.15) is 12.0 Å². The molecule has 0 saturated heterocycles. The van der Waals surface area contributed by atoms with E-state index in [0.717, 1.165) is 24.0 Å². The van der Waals surface area contributed by atoms with Crippen LogP contribution >= 0.6 is 0 Å². The van der Waals surface area contributed by atoms with Crippen LogP contribution in [0.3, 0.4) is 0 Å². The molecule has 0 aromatic heterocycles. The Labute approximate surface area is 137 Å². The molecule has 23 heavy (non-hydrogen) atoms. The van der Waals surface area contributed by atoms with Gasteiger partial charge in [-0.1, -0.05) is 30.4 Å². The third-order valence-electron chi connectivity index (χ3n) is 5.19. The van der Waals surface area contributed by atoms with E-state index in [0.29, 0.717) is 11.7 Å². The van der Waals surface area contributed by atoms with Crippen molar-refractivity contribution < 1.29 is 14.6 Å². The first-order valence-corrected chi connectivity index (χ1v) is 7.94. The Morgan fingerprint density at radius 3 is 2.78 bits per heavy atom. The largest absolute Gasteiger partial charge is 0.504 e. The number of rotatable bonds is 4. The second-order valence-electron chi connectivity index (χ2n) is 6.47. The highest BCUT2D eigenvalue weighted by Crippen LogP contribution is 2.49. The van der Waals surface area contributed by atoms with Crippen LogP contribution in [0.5, 0.6) is 11.5 Å². The number of hydrogen-bond acceptors (Lipinski definition) is 3. The lowest BCUT2D eigenvalue weighted by molar-refractivity contribution is -0.120. The second-order valence-corrected chi connectivity index (χ2v) is 6.47. The fraction of sp³-hybridized carbons (Fsp3) is 0.350. The zero-order valence-corrected chi connectivity index (χ0v) is 13.4. The van der Waals surface area contributed by atoms with Crippen molar-refractivity contribution in [3.8, 4) is 11.5 Å². The number of hydrogen-bond donors (Lipinski definition) is 1. The molecule has 0 heterocycles. The maximum Gasteiger partial charge on any atom is 0.160 e. The minimum atomic E-state index is -0.0280. The molecule has 0 aliphatic heterocycles. The molecular weight excluding hydrogens is 288 g/mol. The van der Waals surface area contributed by atoms with Crippen molar-refractivity contribution in [2.24, 2.45) is 23.7 Å². The van der Waals surface area contributed by atoms with Gasteiger partial charge in [0.05, 0.1) is 7.11 Å². The summed E-state index contributed by atoms with van der Waals surface area (Å²) in [4.78, 5) is 12.4. The number of fused-ring (bicyclic) bond motifs is 1. The first kappa shape index (κ1) is 15.6. The van der Waals surface area contributed by atoms with Crippen LogP contribution in [0.4, 0.5) is 0 Å². The third kappa shape index (κ3) is 2.72. The molecular formula is C20H22O3. The Balaban J connectivity index is 1.86. The van der Waals surface area contributed by atoms with E-state index in [4.69, 9.17) is 4.74 Å². The number of phenolic OH excluding ortho intramolecular Hbond substituents is 1. The predicted molar refractivity (Wildman–Crippen MR) is 90.4 cm³/mol. The van der Waals surface area contributed by atoms with Crippen LogP contribution in [0.15, 0.2) is 55.2 Å². The number of carbonyl (C=O) groups excluding carboxylic acids is 1. The molecule has 120 valence electrons. The maximum absolute atomic E-state index is 12.4. The topological polar surface area (TPSA) is 46.5 Å². The molecule has 3 nitrogen and oxygen atoms in total. The Morgan fingerprint density at radius 1 is 1.35 bits per heavy atom. The van der Waals surface area contributed by atoms with Gasteiger partial charge in [-0.25, -0.2) is 0 Å². The number of aromatic hydroxyl groups is 1. The number of methoxy groups -OCH3 is 1. The van der Waals surface area contributed by atoms with E-state index in [9.17, 15) is 9.90 Å². The average Bonchev–Trinajstić information content (AvgIpc) is 2.91. The summed E-state index contributed by atoms with van der Waals surface area (Å²) in [6.07, 6.45) is 7.16. The fourth-order valence-electron chi connectivity index (χ4n) is 4.15. The monoisotopic (exact) mass is 310 g/mol. The van der Waals surface area contributed by atoms with Crippen molar-refractivity contribution in [3.63, 3.8) is 0 Å². The quantitative estimate of drug-likeness (QED) is 0.863. The molecule has 2 aliphatic carbocycles. The van der Waals surface area contributed by atoms with Gasteiger partial charge in [0.15, 0.2) is 17.3 Å². The van der Waals surface area contributed by atoms with Crippen LogP contribution in [0.2, 0.25) is 0 Å². The molecule has 3 rings (SSSR count). The lowest BCUT2D eigenvalue weighted by Crippen LogP contribution is -2.29. The summed E-state index contributed by atoms with van der Waals surface area (Å²) in [6.45, 7) is 8.06. The van der Waals surface area contributed by atoms with Crippen LogP contribution in [-0.4, -0.2) is 18.0 Å². The highest BCUT2D eigenvalue weighted by atomic mass is 16.5. The van der Waals surface area contributed by atoms with Crippen molar-refractivity contribution in [2.75, 3.05) is 7.11 Å². The molecule has 2 aliphatic rings. The highest BCUT2D eigenvalue weighted by Gasteiger charge is 2.46. The number of ether oxygens (including phenoxy) is 1. The van der Waals surface area contributed by atoms with Gasteiger partial charge in [0.25, 0.3) is 0 Å². The van der Waals surface area contributed by atoms with Gasteiger partial charge in [-0.05, 0) is 54.4 Å². The molecule has 0 amide bonds. The van der Waals surface area contributed by atoms with E-state index < -0.39 is 0 Å². The van der Waals surface area contributed by atoms with Crippen LogP contribution < -0.4 is 4.74 Å². The van der Waals surface area contributed by atoms with Gasteiger partial charge in [-0.2, -0.15) is 0 Å². The molecule has 1 N–H and O–H groups in total. The number of ketones is 1. The molecule has 4 atom stereocenters. The summed E-state index contributed by atoms with van der Waals surface area (Å²) in [5.74, 6) is 1.46. The first-order valence-electron chi connectivity index (χ1n) is 7.94. The van der Waals surface area contributed by atoms with Gasteiger partial charge in [-0.3, -0.25) is 4.79 Å². The number of phenols is 1. The molecule has 0 spiro atoms. The normalized spacial score (nSPS) is 29.4. The fourth-order valence-corrected chi connectivity index (χ4v) is 4.15. The average molecular weight is 310 g/mol. The van der Waals surface area contributed by atoms with E-state index in [1.807, 2.05) is 18.2 Å². The van der Waals surface area contributed by atoms with Crippen LogP contribution in [0.25, 0.3) is 0 Å². The van der Waals surface area contributed by atoms with Crippen LogP contribution in [0, 0.1) is 23.7 Å². The lowest BCUT2D eigenvalue weighted by atomic mass is 9.75. The van der Waals surface area contributed by atoms with E-state index in [2.05, 4.69) is 13.2 Å². The molecule has 1 aromatic carbocycles. The minimum absolute atomic E-state index is 0.0280. The van der Waals surface area contributed by atoms with Crippen molar-refractivity contribution >= 4 is 5.78 Å². The van der Waals surface area contributed by atoms with Crippen LogP contribution in [-0.2, 0) is 11.2 Å². The molecule has 0 bridgehead atoms. The molecule has 4 unspecified atom stereocenters. The second kappa shape index (κ2) is 6.07. The first-order chi connectivity index (χ1) is 11.0. The Hall–Kier alpha value is -2.29. The Morgan fingerprint density at radius 2 is 2.13 bits per heavy atom. The number of benzene rings is 1. The standard InChI is InChI=1S/C20H22O3/c1-4-14-11-15(20-16(21)7-5-12(2)19(14)20)9-13-6-8-18(23-3)17(22)10-13/h4-8,10,14-15,19-20,22H,1-2,9,11H2,3H3. The molecule has 3 heteroatoms. The summed E-state index contributed by atoms with van der Waals surface area (Å²) in [5.41, 5.74) is 2.05. The van der Waals surface area contributed by atoms with E-state index >= 15 is 0 Å². The van der Waals surface area contributed by atoms with Gasteiger partial charge in [0, 0.05) is 5.92 Å². The number of allylic oxidation sites excluding steroid dienone is 4. The predicted octanol–water partition coefficient (Wildman–Crippen LogP) is 3.69. The number of carbonyl (C=O) groups is 1. The summed E-state index contributed by atoms with van der Waals surface area (Å²) < 4.78 is 5.08. The smallest absolute Gasteiger partial charge is 0.160 e. The zero-order valence-electron chi connectivity index (χ0n) is 13.4. The van der Waals surface area contributed by atoms with E-state index in [1.54, 1.807) is 18.2 Å². The van der Waals surface area contributed by atoms with E-state index in [-0.39, 0.29) is 29.3 Å². The Bertz CT molecular complexity index is 686. The molecule has 1 aromatic rings. The maximum atomic E-state index is 12.4. The van der Waals surface area contributed by atoms with E-state index in [1.165, 1.54) is 7.11 Å². The zero-order chi connectivity index (χ0) is 16.6. The lowest BCUT2D eigenvalue weighted by Gasteiger charge is -2.28. The highest BCUT2D eigenvalue weighted by molar-refractivity contribution is 5.94. The molecule has 0 radical (unpaired) electrons. The minimum Gasteiger partial charge on any atom is -0.504 e. The van der Waals surface area contributed by atoms with Crippen molar-refractivity contribution in [3.05, 3.63) is 60.7 Å². The summed E-state index contributed by atoms with van der Waals surface area (Å²) in [5, 5.41) is 9.96. The van der Waals surface area contributed by atoms with Gasteiger partial charge < -0.3 is 9.84 Å². The van der Waals surface area contributed by atoms with Crippen molar-refractivity contribution in [1.29, 1.82) is 0 Å². The van der Waals surface area contributed by atoms with Crippen molar-refractivity contribution in [2.45, 2.75) is 12.8 Å².